The summed E-state index contributed by atoms with van der Waals surface area (Å²) in [6.07, 6.45) is 0.366. The molecule has 39 heavy (non-hydrogen) atoms. The van der Waals surface area contributed by atoms with Crippen LogP contribution in [0.3, 0.4) is 0 Å². The van der Waals surface area contributed by atoms with Crippen LogP contribution in [0.5, 0.6) is 5.75 Å². The van der Waals surface area contributed by atoms with Gasteiger partial charge in [0.1, 0.15) is 11.8 Å². The number of carbonyl (C=O) groups is 2. The van der Waals surface area contributed by atoms with Gasteiger partial charge in [-0.25, -0.2) is 0 Å². The molecule has 0 aliphatic carbocycles. The first-order valence-electron chi connectivity index (χ1n) is 13.2. The van der Waals surface area contributed by atoms with Crippen LogP contribution in [0.4, 0.5) is 0 Å². The number of rotatable bonds is 11. The van der Waals surface area contributed by atoms with E-state index in [1.54, 1.807) is 11.0 Å². The van der Waals surface area contributed by atoms with Gasteiger partial charge in [0.05, 0.1) is 4.47 Å². The van der Waals surface area contributed by atoms with E-state index in [0.29, 0.717) is 23.7 Å². The van der Waals surface area contributed by atoms with Crippen molar-refractivity contribution in [3.05, 3.63) is 99.0 Å². The van der Waals surface area contributed by atoms with Crippen molar-refractivity contribution >= 4 is 39.3 Å². The lowest BCUT2D eigenvalue weighted by atomic mass is 9.87. The highest BCUT2D eigenvalue weighted by Crippen LogP contribution is 2.31. The zero-order chi connectivity index (χ0) is 28.6. The molecule has 0 radical (unpaired) electrons. The molecule has 0 bridgehead atoms. The Kier molecular flexibility index (Phi) is 11.0. The van der Waals surface area contributed by atoms with Crippen LogP contribution < -0.4 is 10.1 Å². The third-order valence-electron chi connectivity index (χ3n) is 6.40. The minimum Gasteiger partial charge on any atom is -0.483 e. The van der Waals surface area contributed by atoms with Crippen LogP contribution in [-0.4, -0.2) is 35.9 Å². The maximum Gasteiger partial charge on any atom is 0.261 e. The predicted molar refractivity (Wildman–Crippen MR) is 162 cm³/mol. The lowest BCUT2D eigenvalue weighted by Gasteiger charge is -2.32. The molecule has 3 aromatic rings. The third kappa shape index (κ3) is 9.11. The standard InChI is InChI=1S/C32H38BrClN2O3/c1-22(2)19-35-31(38)28(17-23-11-7-6-8-12-23)36(20-24-13-9-10-14-27(24)34)30(37)21-39-29-16-15-25(18-26(29)33)32(3,4)5/h6-16,18,22,28H,17,19-21H2,1-5H3,(H,35,38)/t28-/m0/s1. The summed E-state index contributed by atoms with van der Waals surface area (Å²) in [5.41, 5.74) is 2.85. The number of ether oxygens (including phenoxy) is 1. The average Bonchev–Trinajstić information content (AvgIpc) is 2.89. The molecule has 0 saturated heterocycles. The second-order valence-corrected chi connectivity index (χ2v) is 12.4. The molecule has 0 fully saturated rings. The van der Waals surface area contributed by atoms with Crippen molar-refractivity contribution in [3.8, 4) is 5.75 Å². The lowest BCUT2D eigenvalue weighted by molar-refractivity contribution is -0.142. The summed E-state index contributed by atoms with van der Waals surface area (Å²) in [7, 11) is 0. The number of carbonyl (C=O) groups excluding carboxylic acids is 2. The largest absolute Gasteiger partial charge is 0.483 e. The van der Waals surface area contributed by atoms with E-state index in [0.717, 1.165) is 21.2 Å². The van der Waals surface area contributed by atoms with Crippen molar-refractivity contribution in [1.82, 2.24) is 10.2 Å². The minimum absolute atomic E-state index is 0.0172. The van der Waals surface area contributed by atoms with Gasteiger partial charge < -0.3 is 15.0 Å². The number of benzene rings is 3. The Hall–Kier alpha value is -2.83. The van der Waals surface area contributed by atoms with Crippen LogP contribution in [0.15, 0.2) is 77.3 Å². The van der Waals surface area contributed by atoms with Crippen LogP contribution in [0.25, 0.3) is 0 Å². The molecule has 7 heteroatoms. The van der Waals surface area contributed by atoms with Gasteiger partial charge in [0.15, 0.2) is 6.61 Å². The van der Waals surface area contributed by atoms with Gasteiger partial charge in [0.25, 0.3) is 5.91 Å². The fourth-order valence-corrected chi connectivity index (χ4v) is 4.78. The Morgan fingerprint density at radius 3 is 2.28 bits per heavy atom. The molecule has 0 spiro atoms. The number of halogens is 2. The van der Waals surface area contributed by atoms with Gasteiger partial charge in [-0.3, -0.25) is 9.59 Å². The highest BCUT2D eigenvalue weighted by Gasteiger charge is 2.31. The Balaban J connectivity index is 1.91. The van der Waals surface area contributed by atoms with Crippen LogP contribution >= 0.6 is 27.5 Å². The Bertz CT molecular complexity index is 1260. The summed E-state index contributed by atoms with van der Waals surface area (Å²) < 4.78 is 6.76. The number of hydrogen-bond donors (Lipinski definition) is 1. The molecule has 3 aromatic carbocycles. The first kappa shape index (κ1) is 30.7. The molecular weight excluding hydrogens is 576 g/mol. The highest BCUT2D eigenvalue weighted by molar-refractivity contribution is 9.10. The van der Waals surface area contributed by atoms with Gasteiger partial charge in [0.2, 0.25) is 5.91 Å². The van der Waals surface area contributed by atoms with E-state index >= 15 is 0 Å². The molecule has 2 amide bonds. The van der Waals surface area contributed by atoms with Crippen molar-refractivity contribution in [3.63, 3.8) is 0 Å². The second kappa shape index (κ2) is 14.0. The average molecular weight is 614 g/mol. The molecule has 5 nitrogen and oxygen atoms in total. The number of nitrogens with one attached hydrogen (secondary N) is 1. The molecule has 1 N–H and O–H groups in total. The van der Waals surface area contributed by atoms with E-state index in [2.05, 4.69) is 42.0 Å². The number of hydrogen-bond acceptors (Lipinski definition) is 3. The van der Waals surface area contributed by atoms with Crippen molar-refractivity contribution in [2.45, 2.75) is 59.0 Å². The molecular formula is C32H38BrClN2O3. The summed E-state index contributed by atoms with van der Waals surface area (Å²) >= 11 is 10.1. The van der Waals surface area contributed by atoms with E-state index in [-0.39, 0.29) is 36.3 Å². The van der Waals surface area contributed by atoms with E-state index < -0.39 is 6.04 Å². The molecule has 208 valence electrons. The molecule has 0 unspecified atom stereocenters. The third-order valence-corrected chi connectivity index (χ3v) is 7.39. The molecule has 0 heterocycles. The van der Waals surface area contributed by atoms with E-state index in [4.69, 9.17) is 16.3 Å². The van der Waals surface area contributed by atoms with Crippen molar-refractivity contribution in [2.75, 3.05) is 13.2 Å². The predicted octanol–water partition coefficient (Wildman–Crippen LogP) is 7.19. The minimum atomic E-state index is -0.745. The molecule has 1 atom stereocenters. The maximum atomic E-state index is 13.8. The van der Waals surface area contributed by atoms with E-state index in [9.17, 15) is 9.59 Å². The van der Waals surface area contributed by atoms with Gasteiger partial charge >= 0.3 is 0 Å². The van der Waals surface area contributed by atoms with E-state index in [1.807, 2.05) is 80.6 Å². The van der Waals surface area contributed by atoms with Crippen molar-refractivity contribution in [2.24, 2.45) is 5.92 Å². The smallest absolute Gasteiger partial charge is 0.261 e. The van der Waals surface area contributed by atoms with Crippen LogP contribution in [0.2, 0.25) is 5.02 Å². The number of amides is 2. The molecule has 0 aliphatic heterocycles. The summed E-state index contributed by atoms with van der Waals surface area (Å²) in [4.78, 5) is 28.9. The fraction of sp³-hybridized carbons (Fsp3) is 0.375. The highest BCUT2D eigenvalue weighted by atomic mass is 79.9. The summed E-state index contributed by atoms with van der Waals surface area (Å²) in [6.45, 7) is 11.0. The SMILES string of the molecule is CC(C)CNC(=O)[C@H](Cc1ccccc1)N(Cc1ccccc1Cl)C(=O)COc1ccc(C(C)(C)C)cc1Br. The monoisotopic (exact) mass is 612 g/mol. The molecule has 0 aromatic heterocycles. The maximum absolute atomic E-state index is 13.8. The van der Waals surface area contributed by atoms with Gasteiger partial charge in [-0.15, -0.1) is 0 Å². The summed E-state index contributed by atoms with van der Waals surface area (Å²) in [6, 6.07) is 22.2. The summed E-state index contributed by atoms with van der Waals surface area (Å²) in [5, 5.41) is 3.57. The van der Waals surface area contributed by atoms with E-state index in [1.165, 1.54) is 0 Å². The second-order valence-electron chi connectivity index (χ2n) is 11.1. The van der Waals surface area contributed by atoms with Gasteiger partial charge in [-0.05, 0) is 62.2 Å². The fourth-order valence-electron chi connectivity index (χ4n) is 4.09. The Labute approximate surface area is 246 Å². The van der Waals surface area contributed by atoms with Gasteiger partial charge in [-0.2, -0.15) is 0 Å². The Morgan fingerprint density at radius 1 is 1.00 bits per heavy atom. The zero-order valence-electron chi connectivity index (χ0n) is 23.3. The topological polar surface area (TPSA) is 58.6 Å². The zero-order valence-corrected chi connectivity index (χ0v) is 25.7. The van der Waals surface area contributed by atoms with Crippen molar-refractivity contribution in [1.29, 1.82) is 0 Å². The van der Waals surface area contributed by atoms with Crippen LogP contribution in [0, 0.1) is 5.92 Å². The quantitative estimate of drug-likeness (QED) is 0.249. The molecule has 3 rings (SSSR count). The van der Waals surface area contributed by atoms with Crippen LogP contribution in [0.1, 0.15) is 51.3 Å². The van der Waals surface area contributed by atoms with Gasteiger partial charge in [-0.1, -0.05) is 101 Å². The van der Waals surface area contributed by atoms with Crippen LogP contribution in [-0.2, 0) is 28.0 Å². The normalized spacial score (nSPS) is 12.2. The first-order valence-corrected chi connectivity index (χ1v) is 14.4. The molecule has 0 saturated carbocycles. The van der Waals surface area contributed by atoms with Gasteiger partial charge in [0, 0.05) is 24.5 Å². The van der Waals surface area contributed by atoms with Crippen molar-refractivity contribution < 1.29 is 14.3 Å². The first-order chi connectivity index (χ1) is 18.5. The summed E-state index contributed by atoms with van der Waals surface area (Å²) in [5.74, 6) is 0.333. The number of nitrogens with zero attached hydrogens (tertiary/aromatic N) is 1. The molecule has 0 aliphatic rings. The lowest BCUT2D eigenvalue weighted by Crippen LogP contribution is -2.52. The Morgan fingerprint density at radius 2 is 1.67 bits per heavy atom.